The molecule has 2 N–H and O–H groups in total. The second-order valence-electron chi connectivity index (χ2n) is 5.82. The number of nitrogens with one attached hydrogen (secondary N) is 2. The Morgan fingerprint density at radius 2 is 2.26 bits per heavy atom. The molecule has 1 unspecified atom stereocenters. The van der Waals surface area contributed by atoms with Gasteiger partial charge in [0.25, 0.3) is 0 Å². The van der Waals surface area contributed by atoms with Crippen molar-refractivity contribution in [1.29, 1.82) is 0 Å². The van der Waals surface area contributed by atoms with E-state index in [0.29, 0.717) is 13.0 Å². The molecule has 1 amide bonds. The van der Waals surface area contributed by atoms with Gasteiger partial charge in [0.15, 0.2) is 4.96 Å². The molecule has 5 rings (SSSR count). The summed E-state index contributed by atoms with van der Waals surface area (Å²) < 4.78 is 2.14. The average Bonchev–Trinajstić information content (AvgIpc) is 3.23. The van der Waals surface area contributed by atoms with Gasteiger partial charge in [-0.3, -0.25) is 9.20 Å². The van der Waals surface area contributed by atoms with Crippen LogP contribution in [0.4, 0.5) is 0 Å². The van der Waals surface area contributed by atoms with Gasteiger partial charge < -0.3 is 10.3 Å². The molecule has 6 heteroatoms. The Kier molecular flexibility index (Phi) is 2.63. The lowest BCUT2D eigenvalue weighted by atomic mass is 9.89. The maximum Gasteiger partial charge on any atom is 0.221 e. The fourth-order valence-electron chi connectivity index (χ4n) is 3.55. The van der Waals surface area contributed by atoms with E-state index in [1.165, 1.54) is 10.9 Å². The number of rotatable bonds is 1. The molecule has 0 saturated heterocycles. The van der Waals surface area contributed by atoms with Gasteiger partial charge in [0.05, 0.1) is 17.9 Å². The van der Waals surface area contributed by atoms with Crippen LogP contribution in [-0.2, 0) is 11.3 Å². The van der Waals surface area contributed by atoms with Crippen LogP contribution in [0.1, 0.15) is 29.3 Å². The molecule has 5 nitrogen and oxygen atoms in total. The van der Waals surface area contributed by atoms with Gasteiger partial charge in [-0.25, -0.2) is 4.98 Å². The summed E-state index contributed by atoms with van der Waals surface area (Å²) in [5, 5.41) is 6.18. The Bertz CT molecular complexity index is 1040. The van der Waals surface area contributed by atoms with Crippen LogP contribution in [-0.4, -0.2) is 20.3 Å². The molecule has 4 heterocycles. The molecule has 114 valence electrons. The number of carbonyl (C=O) groups excluding carboxylic acids is 1. The number of amides is 1. The summed E-state index contributed by atoms with van der Waals surface area (Å²) in [5.74, 6) is 0.0844. The number of imidazole rings is 1. The molecule has 0 bridgehead atoms. The van der Waals surface area contributed by atoms with E-state index in [1.807, 2.05) is 23.8 Å². The predicted molar refractivity (Wildman–Crippen MR) is 89.7 cm³/mol. The van der Waals surface area contributed by atoms with Gasteiger partial charge >= 0.3 is 0 Å². The summed E-state index contributed by atoms with van der Waals surface area (Å²) >= 11 is 1.62. The van der Waals surface area contributed by atoms with Crippen LogP contribution in [0.15, 0.2) is 42.0 Å². The van der Waals surface area contributed by atoms with E-state index in [-0.39, 0.29) is 11.8 Å². The first-order valence-corrected chi connectivity index (χ1v) is 8.46. The summed E-state index contributed by atoms with van der Waals surface area (Å²) in [4.78, 5) is 21.2. The fourth-order valence-corrected chi connectivity index (χ4v) is 4.29. The van der Waals surface area contributed by atoms with Gasteiger partial charge in [-0.1, -0.05) is 12.1 Å². The maximum absolute atomic E-state index is 12.2. The minimum atomic E-state index is 0.0107. The second-order valence-corrected chi connectivity index (χ2v) is 6.69. The van der Waals surface area contributed by atoms with Crippen molar-refractivity contribution in [3.63, 3.8) is 0 Å². The Labute approximate surface area is 136 Å². The third-order valence-electron chi connectivity index (χ3n) is 4.55. The fraction of sp³-hybridized carbons (Fsp3) is 0.176. The van der Waals surface area contributed by atoms with Crippen molar-refractivity contribution in [3.05, 3.63) is 59.0 Å². The van der Waals surface area contributed by atoms with E-state index >= 15 is 0 Å². The number of nitrogens with zero attached hydrogens (tertiary/aromatic N) is 2. The zero-order valence-electron chi connectivity index (χ0n) is 12.2. The van der Waals surface area contributed by atoms with E-state index in [0.717, 1.165) is 21.9 Å². The van der Waals surface area contributed by atoms with Crippen LogP contribution in [0.3, 0.4) is 0 Å². The topological polar surface area (TPSA) is 62.2 Å². The highest BCUT2D eigenvalue weighted by Gasteiger charge is 2.30. The third kappa shape index (κ3) is 1.85. The normalized spacial score (nSPS) is 18.1. The van der Waals surface area contributed by atoms with Crippen LogP contribution in [0, 0.1) is 0 Å². The maximum atomic E-state index is 12.2. The van der Waals surface area contributed by atoms with E-state index in [1.54, 1.807) is 11.3 Å². The number of aromatic nitrogens is 3. The number of thiazole rings is 1. The standard InChI is InChI=1S/C17H14N4OS/c22-15-8-12(10-2-1-3-13-11(10)4-5-18-13)16-14(9-19-15)20-17-21(16)6-7-23-17/h1-7,12,18H,8-9H2,(H,19,22). The number of benzene rings is 1. The average molecular weight is 322 g/mol. The van der Waals surface area contributed by atoms with Crippen molar-refractivity contribution in [2.75, 3.05) is 0 Å². The molecule has 0 saturated carbocycles. The largest absolute Gasteiger partial charge is 0.361 e. The lowest BCUT2D eigenvalue weighted by molar-refractivity contribution is -0.121. The Hall–Kier alpha value is -2.60. The third-order valence-corrected chi connectivity index (χ3v) is 5.31. The van der Waals surface area contributed by atoms with Crippen LogP contribution in [0.25, 0.3) is 15.9 Å². The molecule has 1 aromatic carbocycles. The Morgan fingerprint density at radius 3 is 3.22 bits per heavy atom. The molecule has 4 aromatic rings. The number of aromatic amines is 1. The Morgan fingerprint density at radius 1 is 1.30 bits per heavy atom. The summed E-state index contributed by atoms with van der Waals surface area (Å²) in [6, 6.07) is 8.31. The highest BCUT2D eigenvalue weighted by Crippen LogP contribution is 2.37. The van der Waals surface area contributed by atoms with Gasteiger partial charge in [0, 0.05) is 41.0 Å². The zero-order valence-corrected chi connectivity index (χ0v) is 13.1. The van der Waals surface area contributed by atoms with Gasteiger partial charge in [-0.2, -0.15) is 0 Å². The quantitative estimate of drug-likeness (QED) is 0.566. The molecular formula is C17H14N4OS. The lowest BCUT2D eigenvalue weighted by Gasteiger charge is -2.16. The Balaban J connectivity index is 1.81. The SMILES string of the molecule is O=C1CC(c2cccc3[nH]ccc23)c2c(nc3sccn23)CN1. The molecule has 0 spiro atoms. The first-order chi connectivity index (χ1) is 11.3. The second kappa shape index (κ2) is 4.70. The highest BCUT2D eigenvalue weighted by atomic mass is 32.1. The van der Waals surface area contributed by atoms with Crippen LogP contribution < -0.4 is 5.32 Å². The van der Waals surface area contributed by atoms with Gasteiger partial charge in [0.1, 0.15) is 0 Å². The van der Waals surface area contributed by atoms with Crippen LogP contribution in [0.5, 0.6) is 0 Å². The summed E-state index contributed by atoms with van der Waals surface area (Å²) in [6.45, 7) is 0.502. The molecule has 0 radical (unpaired) electrons. The predicted octanol–water partition coefficient (Wildman–Crippen LogP) is 3.03. The number of hydrogen-bond donors (Lipinski definition) is 2. The van der Waals surface area contributed by atoms with Gasteiger partial charge in [-0.15, -0.1) is 11.3 Å². The first kappa shape index (κ1) is 12.9. The van der Waals surface area contributed by atoms with Crippen molar-refractivity contribution in [3.8, 4) is 0 Å². The van der Waals surface area contributed by atoms with Crippen LogP contribution >= 0.6 is 11.3 Å². The summed E-state index contributed by atoms with van der Waals surface area (Å²) in [6.07, 6.45) is 4.44. The molecule has 1 atom stereocenters. The molecule has 1 aliphatic heterocycles. The number of hydrogen-bond acceptors (Lipinski definition) is 3. The molecule has 23 heavy (non-hydrogen) atoms. The monoisotopic (exact) mass is 322 g/mol. The first-order valence-electron chi connectivity index (χ1n) is 7.58. The van der Waals surface area contributed by atoms with Gasteiger partial charge in [0.2, 0.25) is 5.91 Å². The van der Waals surface area contributed by atoms with E-state index in [4.69, 9.17) is 4.98 Å². The summed E-state index contributed by atoms with van der Waals surface area (Å²) in [5.41, 5.74) is 4.38. The smallest absolute Gasteiger partial charge is 0.221 e. The minimum Gasteiger partial charge on any atom is -0.361 e. The van der Waals surface area contributed by atoms with Gasteiger partial charge in [-0.05, 0) is 17.7 Å². The van der Waals surface area contributed by atoms with Crippen LogP contribution in [0.2, 0.25) is 0 Å². The highest BCUT2D eigenvalue weighted by molar-refractivity contribution is 7.15. The molecule has 0 aliphatic carbocycles. The van der Waals surface area contributed by atoms with Crippen molar-refractivity contribution >= 4 is 33.1 Å². The lowest BCUT2D eigenvalue weighted by Crippen LogP contribution is -2.21. The van der Waals surface area contributed by atoms with E-state index in [9.17, 15) is 4.79 Å². The van der Waals surface area contributed by atoms with Crippen molar-refractivity contribution < 1.29 is 4.79 Å². The molecule has 1 aliphatic rings. The summed E-state index contributed by atoms with van der Waals surface area (Å²) in [7, 11) is 0. The number of carbonyl (C=O) groups is 1. The molecule has 3 aromatic heterocycles. The van der Waals surface area contributed by atoms with E-state index in [2.05, 4.69) is 32.9 Å². The number of fused-ring (bicyclic) bond motifs is 4. The van der Waals surface area contributed by atoms with Crippen molar-refractivity contribution in [2.45, 2.75) is 18.9 Å². The zero-order chi connectivity index (χ0) is 15.4. The molecular weight excluding hydrogens is 308 g/mol. The van der Waals surface area contributed by atoms with Crippen molar-refractivity contribution in [2.24, 2.45) is 0 Å². The van der Waals surface area contributed by atoms with E-state index < -0.39 is 0 Å². The minimum absolute atomic E-state index is 0.0107. The molecule has 0 fully saturated rings. The van der Waals surface area contributed by atoms with Crippen molar-refractivity contribution in [1.82, 2.24) is 19.7 Å². The number of H-pyrrole nitrogens is 1.